The van der Waals surface area contributed by atoms with E-state index in [0.29, 0.717) is 5.01 Å². The smallest absolute Gasteiger partial charge is 0.174 e. The number of piperazine rings is 1. The number of pyridine rings is 1. The lowest BCUT2D eigenvalue weighted by molar-refractivity contribution is 0.122. The first-order chi connectivity index (χ1) is 16.5. The van der Waals surface area contributed by atoms with E-state index < -0.39 is 5.60 Å². The lowest BCUT2D eigenvalue weighted by Gasteiger charge is -2.36. The largest absolute Gasteiger partial charge is 0.371 e. The number of likely N-dealkylation sites (N-methyl/N-ethyl adjacent to an activating group) is 1. The molecule has 3 N–H and O–H groups in total. The third kappa shape index (κ3) is 4.64. The SMILES string of the molecule is CCN1CCN(c2ccc(C#CC(C)(O)c3nccs3)cc2Nc2ccnc3[nH]ccc23)CC1. The first-order valence-corrected chi connectivity index (χ1v) is 12.4. The van der Waals surface area contributed by atoms with Crippen molar-refractivity contribution in [2.45, 2.75) is 19.4 Å². The second-order valence-electron chi connectivity index (χ2n) is 8.54. The molecule has 1 aromatic carbocycles. The molecule has 3 aromatic heterocycles. The molecule has 1 aliphatic rings. The van der Waals surface area contributed by atoms with Gasteiger partial charge in [0.2, 0.25) is 0 Å². The quantitative estimate of drug-likeness (QED) is 0.379. The van der Waals surface area contributed by atoms with Gasteiger partial charge in [-0.1, -0.05) is 18.8 Å². The van der Waals surface area contributed by atoms with Gasteiger partial charge in [-0.15, -0.1) is 11.3 Å². The number of fused-ring (bicyclic) bond motifs is 1. The van der Waals surface area contributed by atoms with Gasteiger partial charge in [-0.3, -0.25) is 0 Å². The summed E-state index contributed by atoms with van der Waals surface area (Å²) in [7, 11) is 0. The van der Waals surface area contributed by atoms with E-state index >= 15 is 0 Å². The van der Waals surface area contributed by atoms with Gasteiger partial charge in [-0.2, -0.15) is 0 Å². The number of aromatic nitrogens is 3. The van der Waals surface area contributed by atoms with Crippen molar-refractivity contribution in [3.8, 4) is 11.8 Å². The molecule has 1 fully saturated rings. The van der Waals surface area contributed by atoms with Crippen molar-refractivity contribution in [1.82, 2.24) is 19.9 Å². The number of benzene rings is 1. The van der Waals surface area contributed by atoms with Gasteiger partial charge < -0.3 is 25.2 Å². The molecule has 4 aromatic rings. The van der Waals surface area contributed by atoms with E-state index in [1.165, 1.54) is 11.3 Å². The molecule has 0 bridgehead atoms. The fraction of sp³-hybridized carbons (Fsp3) is 0.308. The van der Waals surface area contributed by atoms with Crippen LogP contribution in [0.3, 0.4) is 0 Å². The molecule has 174 valence electrons. The van der Waals surface area contributed by atoms with Crippen molar-refractivity contribution in [2.24, 2.45) is 0 Å². The Morgan fingerprint density at radius 2 is 1.97 bits per heavy atom. The third-order valence-corrected chi connectivity index (χ3v) is 7.17. The fourth-order valence-electron chi connectivity index (χ4n) is 4.22. The molecule has 1 saturated heterocycles. The predicted octanol–water partition coefficient (Wildman–Crippen LogP) is 4.16. The number of hydrogen-bond donors (Lipinski definition) is 3. The third-order valence-electron chi connectivity index (χ3n) is 6.19. The van der Waals surface area contributed by atoms with Gasteiger partial charge in [-0.05, 0) is 43.8 Å². The zero-order chi connectivity index (χ0) is 23.5. The highest BCUT2D eigenvalue weighted by molar-refractivity contribution is 7.09. The number of rotatable bonds is 5. The molecule has 1 aliphatic heterocycles. The average molecular weight is 473 g/mol. The Bertz CT molecular complexity index is 1330. The fourth-order valence-corrected chi connectivity index (χ4v) is 4.87. The van der Waals surface area contributed by atoms with Gasteiger partial charge in [0.15, 0.2) is 5.60 Å². The maximum absolute atomic E-state index is 10.8. The van der Waals surface area contributed by atoms with E-state index in [1.807, 2.05) is 29.8 Å². The minimum absolute atomic E-state index is 0.593. The molecule has 0 spiro atoms. The molecule has 0 saturated carbocycles. The maximum Gasteiger partial charge on any atom is 0.174 e. The molecule has 0 radical (unpaired) electrons. The summed E-state index contributed by atoms with van der Waals surface area (Å²) in [5.41, 5.74) is 3.50. The number of aliphatic hydroxyl groups is 1. The van der Waals surface area contributed by atoms with Crippen LogP contribution in [-0.4, -0.2) is 57.7 Å². The monoisotopic (exact) mass is 472 g/mol. The molecule has 34 heavy (non-hydrogen) atoms. The minimum Gasteiger partial charge on any atom is -0.371 e. The molecule has 7 nitrogen and oxygen atoms in total. The number of H-pyrrole nitrogens is 1. The normalized spacial score (nSPS) is 16.1. The molecule has 5 rings (SSSR count). The summed E-state index contributed by atoms with van der Waals surface area (Å²) in [5, 5.41) is 17.9. The summed E-state index contributed by atoms with van der Waals surface area (Å²) in [6, 6.07) is 10.2. The first kappa shape index (κ1) is 22.4. The van der Waals surface area contributed by atoms with Crippen molar-refractivity contribution in [1.29, 1.82) is 0 Å². The number of nitrogens with zero attached hydrogens (tertiary/aromatic N) is 4. The highest BCUT2D eigenvalue weighted by atomic mass is 32.1. The van der Waals surface area contributed by atoms with Crippen molar-refractivity contribution in [2.75, 3.05) is 42.9 Å². The Kier molecular flexibility index (Phi) is 6.24. The van der Waals surface area contributed by atoms with Crippen LogP contribution in [-0.2, 0) is 5.60 Å². The second kappa shape index (κ2) is 9.47. The summed E-state index contributed by atoms with van der Waals surface area (Å²) in [6.45, 7) is 9.01. The zero-order valence-electron chi connectivity index (χ0n) is 19.4. The summed E-state index contributed by atoms with van der Waals surface area (Å²) >= 11 is 1.40. The summed E-state index contributed by atoms with van der Waals surface area (Å²) in [5.74, 6) is 6.16. The van der Waals surface area contributed by atoms with Crippen LogP contribution >= 0.6 is 11.3 Å². The van der Waals surface area contributed by atoms with Gasteiger partial charge in [0, 0.05) is 61.1 Å². The van der Waals surface area contributed by atoms with E-state index in [-0.39, 0.29) is 0 Å². The highest BCUT2D eigenvalue weighted by Crippen LogP contribution is 2.33. The Morgan fingerprint density at radius 3 is 2.74 bits per heavy atom. The van der Waals surface area contributed by atoms with Crippen LogP contribution in [0.2, 0.25) is 0 Å². The van der Waals surface area contributed by atoms with Crippen LogP contribution in [0.4, 0.5) is 17.1 Å². The van der Waals surface area contributed by atoms with Gasteiger partial charge >= 0.3 is 0 Å². The standard InChI is InChI=1S/C26H28N6OS/c1-3-31-13-15-32(16-14-31)23-5-4-19(6-9-26(2,33)25-29-12-17-34-25)18-22(23)30-21-8-11-28-24-20(21)7-10-27-24/h4-5,7-8,10-12,17-18,33H,3,13-16H2,1-2H3,(H2,27,28,30). The van der Waals surface area contributed by atoms with Crippen molar-refractivity contribution in [3.05, 3.63) is 64.9 Å². The van der Waals surface area contributed by atoms with Gasteiger partial charge in [0.05, 0.1) is 17.1 Å². The minimum atomic E-state index is -1.29. The number of aromatic amines is 1. The van der Waals surface area contributed by atoms with Crippen LogP contribution in [0, 0.1) is 11.8 Å². The van der Waals surface area contributed by atoms with Gasteiger partial charge in [0.25, 0.3) is 0 Å². The number of thiazole rings is 1. The molecule has 8 heteroatoms. The zero-order valence-corrected chi connectivity index (χ0v) is 20.2. The van der Waals surface area contributed by atoms with Gasteiger partial charge in [0.1, 0.15) is 10.7 Å². The summed E-state index contributed by atoms with van der Waals surface area (Å²) in [4.78, 5) is 16.7. The molecule has 1 unspecified atom stereocenters. The van der Waals surface area contributed by atoms with E-state index in [4.69, 9.17) is 0 Å². The van der Waals surface area contributed by atoms with Crippen LogP contribution in [0.15, 0.2) is 54.3 Å². The Labute approximate surface area is 203 Å². The van der Waals surface area contributed by atoms with Crippen molar-refractivity contribution < 1.29 is 5.11 Å². The predicted molar refractivity (Wildman–Crippen MR) is 139 cm³/mol. The first-order valence-electron chi connectivity index (χ1n) is 11.5. The summed E-state index contributed by atoms with van der Waals surface area (Å²) in [6.07, 6.45) is 5.38. The van der Waals surface area contributed by atoms with E-state index in [0.717, 1.165) is 66.4 Å². The van der Waals surface area contributed by atoms with Crippen LogP contribution in [0.25, 0.3) is 11.0 Å². The Hall–Kier alpha value is -3.38. The van der Waals surface area contributed by atoms with Crippen LogP contribution < -0.4 is 10.2 Å². The second-order valence-corrected chi connectivity index (χ2v) is 9.43. The van der Waals surface area contributed by atoms with E-state index in [1.54, 1.807) is 19.3 Å². The van der Waals surface area contributed by atoms with Crippen LogP contribution in [0.5, 0.6) is 0 Å². The molecule has 0 aliphatic carbocycles. The number of anilines is 3. The molecule has 4 heterocycles. The molecular weight excluding hydrogens is 444 g/mol. The Balaban J connectivity index is 1.50. The van der Waals surface area contributed by atoms with Crippen molar-refractivity contribution in [3.63, 3.8) is 0 Å². The molecule has 0 amide bonds. The van der Waals surface area contributed by atoms with E-state index in [9.17, 15) is 5.11 Å². The molecule has 1 atom stereocenters. The van der Waals surface area contributed by atoms with Gasteiger partial charge in [-0.25, -0.2) is 9.97 Å². The number of hydrogen-bond acceptors (Lipinski definition) is 7. The maximum atomic E-state index is 10.8. The topological polar surface area (TPSA) is 80.3 Å². The summed E-state index contributed by atoms with van der Waals surface area (Å²) < 4.78 is 0. The van der Waals surface area contributed by atoms with Crippen molar-refractivity contribution >= 4 is 39.4 Å². The van der Waals surface area contributed by atoms with Crippen LogP contribution in [0.1, 0.15) is 24.4 Å². The lowest BCUT2D eigenvalue weighted by Crippen LogP contribution is -2.46. The molecular formula is C26H28N6OS. The number of nitrogens with one attached hydrogen (secondary N) is 2. The lowest BCUT2D eigenvalue weighted by atomic mass is 10.1. The highest BCUT2D eigenvalue weighted by Gasteiger charge is 2.23. The Morgan fingerprint density at radius 1 is 1.12 bits per heavy atom. The van der Waals surface area contributed by atoms with E-state index in [2.05, 4.69) is 61.0 Å². The average Bonchev–Trinajstić information content (AvgIpc) is 3.56.